The summed E-state index contributed by atoms with van der Waals surface area (Å²) in [4.78, 5) is 132. The molecule has 1 saturated carbocycles. The van der Waals surface area contributed by atoms with Crippen LogP contribution in [-0.2, 0) is 49.2 Å². The van der Waals surface area contributed by atoms with Crippen molar-refractivity contribution in [3.63, 3.8) is 0 Å². The van der Waals surface area contributed by atoms with E-state index in [9.17, 15) is 46.3 Å². The molecule has 3 saturated heterocycles. The van der Waals surface area contributed by atoms with Crippen molar-refractivity contribution in [2.45, 2.75) is 63.5 Å². The number of ether oxygens (including phenoxy) is 3. The average Bonchev–Trinajstić information content (AvgIpc) is 1.64. The van der Waals surface area contributed by atoms with Crippen LogP contribution in [-0.4, -0.2) is 280 Å². The van der Waals surface area contributed by atoms with Crippen LogP contribution < -0.4 is 16.0 Å². The Morgan fingerprint density at radius 1 is 0.383 bits per heavy atom. The van der Waals surface area contributed by atoms with Gasteiger partial charge in [0, 0.05) is 214 Å². The number of carbonyl (C=O) groups is 6. The summed E-state index contributed by atoms with van der Waals surface area (Å²) < 4.78 is 70.1. The molecule has 15 aromatic rings. The lowest BCUT2D eigenvalue weighted by molar-refractivity contribution is -0.141. The number of nitrogens with zero attached hydrogens (tertiary/aromatic N) is 18. The van der Waals surface area contributed by atoms with Gasteiger partial charge in [-0.05, 0) is 232 Å². The van der Waals surface area contributed by atoms with Gasteiger partial charge in [0.1, 0.15) is 22.9 Å². The molecule has 7 aliphatic rings. The predicted molar refractivity (Wildman–Crippen MR) is 557 cm³/mol. The number of likely N-dealkylation sites (tertiary alicyclic amines) is 3. The number of pyridine rings is 3. The molecule has 0 bridgehead atoms. The van der Waals surface area contributed by atoms with E-state index in [-0.39, 0.29) is 86.3 Å². The van der Waals surface area contributed by atoms with Gasteiger partial charge in [0.05, 0.1) is 83.6 Å². The van der Waals surface area contributed by atoms with Crippen LogP contribution in [0.1, 0.15) is 85.5 Å². The lowest BCUT2D eigenvalue weighted by atomic mass is 9.86. The molecule has 149 heavy (non-hydrogen) atoms. The number of alkyl halides is 3. The zero-order chi connectivity index (χ0) is 103. The van der Waals surface area contributed by atoms with Gasteiger partial charge < -0.3 is 44.9 Å². The monoisotopic (exact) mass is 2010 g/mol. The number of amides is 6. The zero-order valence-corrected chi connectivity index (χ0v) is 82.4. The summed E-state index contributed by atoms with van der Waals surface area (Å²) in [5, 5.41) is 33.8. The molecule has 37 heteroatoms. The van der Waals surface area contributed by atoms with Gasteiger partial charge in [0.2, 0.25) is 35.4 Å². The standard InChI is InChI=1S/C38H39N9O3.C37H35F3N8O3.C37H36FN7O3/c1-50-24-38(37(49)43-29-6-8-32-30(20-29)35(45-44-32)27-9-15-39-33(19-27)25-3-4-25)12-18-46(23-38)22-34(48)47-16-10-26(11-17-47)31-7-5-28(21-42-31)36-40-13-2-14-41-36;1-51-23-36(35(50)44-28-7-8-30-29(20-28)33(46-45-30)27-9-15-41-31(19-27)37(38,39)40)12-18-47(22-36)21-32(49)48-16-10-25(11-17-48)24-3-5-26(6-4-24)34-42-13-2-14-43-34;1-48-24-37(36(47)41-30-11-12-32-31(21-30)34(43-42-32)27-7-9-29(38)10-8-27)15-20-44(23-37)22-33(46)45-18-13-26(14-19-45)25-3-5-28(6-4-25)35-39-16-2-17-40-35/h2,5-10,13-15,19-21,25H,3-4,11-12,16-18,22-24H2,1H3,(H,43,49)(H,44,45);2-10,13-15,19-20H,11-12,16-18,21-23H2,1H3,(H,44,50)(H,45,46);2-13,16-17,21H,14-15,18-20,22-24H2,1H3,(H,41,47)(H,42,43)/t38-;36-;37-/m111/s1. The number of hydrogen-bond donors (Lipinski definition) is 6. The van der Waals surface area contributed by atoms with Crippen molar-refractivity contribution in [1.82, 2.24) is 105 Å². The molecule has 1 aliphatic carbocycles. The second-order valence-corrected chi connectivity index (χ2v) is 38.8. The Bertz CT molecular complexity index is 7510. The third-order valence-corrected chi connectivity index (χ3v) is 28.8. The Balaban J connectivity index is 0.000000135. The molecular formula is C112H110F4N24O9. The van der Waals surface area contributed by atoms with Gasteiger partial charge in [0.25, 0.3) is 0 Å². The summed E-state index contributed by atoms with van der Waals surface area (Å²) in [6, 6.07) is 54.8. The van der Waals surface area contributed by atoms with Crippen LogP contribution in [0.25, 0.3) is 117 Å². The summed E-state index contributed by atoms with van der Waals surface area (Å²) in [6.45, 7) is 7.77. The number of benzene rings is 6. The van der Waals surface area contributed by atoms with E-state index in [1.807, 2.05) is 105 Å². The van der Waals surface area contributed by atoms with Crippen LogP contribution in [0.3, 0.4) is 0 Å². The van der Waals surface area contributed by atoms with Gasteiger partial charge in [-0.2, -0.15) is 28.5 Å². The molecule has 6 amide bonds. The number of fused-ring (bicyclic) bond motifs is 3. The van der Waals surface area contributed by atoms with E-state index in [2.05, 4.69) is 150 Å². The molecule has 0 radical (unpaired) electrons. The van der Waals surface area contributed by atoms with E-state index in [1.165, 1.54) is 49.3 Å². The first-order chi connectivity index (χ1) is 72.5. The van der Waals surface area contributed by atoms with Gasteiger partial charge in [0.15, 0.2) is 17.5 Å². The number of hydrogen-bond acceptors (Lipinski definition) is 24. The van der Waals surface area contributed by atoms with Crippen LogP contribution in [0, 0.1) is 22.1 Å². The first-order valence-corrected chi connectivity index (χ1v) is 49.7. The van der Waals surface area contributed by atoms with Gasteiger partial charge in [-0.15, -0.1) is 0 Å². The Morgan fingerprint density at radius 3 is 1.11 bits per heavy atom. The molecule has 9 aromatic heterocycles. The maximum Gasteiger partial charge on any atom is 0.433 e. The number of anilines is 3. The van der Waals surface area contributed by atoms with E-state index >= 15 is 0 Å². The molecule has 6 aromatic carbocycles. The van der Waals surface area contributed by atoms with E-state index in [4.69, 9.17) is 14.2 Å². The number of aromatic amines is 3. The molecule has 0 spiro atoms. The van der Waals surface area contributed by atoms with Crippen LogP contribution in [0.4, 0.5) is 34.6 Å². The minimum atomic E-state index is -4.60. The molecule has 6 aliphatic heterocycles. The summed E-state index contributed by atoms with van der Waals surface area (Å²) in [6.07, 6.45) is 23.0. The highest BCUT2D eigenvalue weighted by Gasteiger charge is 2.49. The number of carbonyl (C=O) groups excluding carboxylic acids is 6. The topological polar surface area (TPSA) is 388 Å². The fraction of sp³-hybridized carbons (Fsp3) is 0.304. The van der Waals surface area contributed by atoms with Crippen molar-refractivity contribution in [3.8, 4) is 67.9 Å². The molecule has 0 unspecified atom stereocenters. The number of halogens is 4. The van der Waals surface area contributed by atoms with Gasteiger partial charge in [-0.3, -0.25) is 73.7 Å². The average molecular weight is 2010 g/mol. The smallest absolute Gasteiger partial charge is 0.384 e. The lowest BCUT2D eigenvalue weighted by Gasteiger charge is -2.30. The van der Waals surface area contributed by atoms with Gasteiger partial charge >= 0.3 is 6.18 Å². The summed E-state index contributed by atoms with van der Waals surface area (Å²) >= 11 is 0. The summed E-state index contributed by atoms with van der Waals surface area (Å²) in [5.74, 6) is 1.81. The number of aromatic nitrogens is 15. The van der Waals surface area contributed by atoms with Crippen molar-refractivity contribution < 1.29 is 60.5 Å². The minimum Gasteiger partial charge on any atom is -0.384 e. The normalized spacial score (nSPS) is 18.6. The third kappa shape index (κ3) is 22.9. The van der Waals surface area contributed by atoms with E-state index < -0.39 is 28.1 Å². The van der Waals surface area contributed by atoms with Crippen molar-refractivity contribution in [2.24, 2.45) is 16.2 Å². The Labute approximate surface area is 855 Å². The second kappa shape index (κ2) is 44.3. The first-order valence-electron chi connectivity index (χ1n) is 49.7. The molecule has 22 rings (SSSR count). The molecule has 3 atom stereocenters. The van der Waals surface area contributed by atoms with E-state index in [0.29, 0.717) is 161 Å². The highest BCUT2D eigenvalue weighted by atomic mass is 19.4. The maximum absolute atomic E-state index is 13.9. The number of rotatable bonds is 28. The maximum atomic E-state index is 13.9. The zero-order valence-electron chi connectivity index (χ0n) is 82.4. The fourth-order valence-electron chi connectivity index (χ4n) is 20.5. The van der Waals surface area contributed by atoms with Gasteiger partial charge in [-0.25, -0.2) is 34.3 Å². The van der Waals surface area contributed by atoms with E-state index in [0.717, 1.165) is 115 Å². The van der Waals surface area contributed by atoms with Crippen LogP contribution in [0.2, 0.25) is 0 Å². The van der Waals surface area contributed by atoms with Crippen molar-refractivity contribution in [1.29, 1.82) is 0 Å². The predicted octanol–water partition coefficient (Wildman–Crippen LogP) is 16.1. The Hall–Kier alpha value is -16.1. The van der Waals surface area contributed by atoms with Gasteiger partial charge in [-0.1, -0.05) is 66.8 Å². The minimum absolute atomic E-state index is 0.00164. The summed E-state index contributed by atoms with van der Waals surface area (Å²) in [5.41, 5.74) is 15.0. The third-order valence-electron chi connectivity index (χ3n) is 28.8. The van der Waals surface area contributed by atoms with Crippen molar-refractivity contribution in [3.05, 3.63) is 290 Å². The molecule has 4 fully saturated rings. The first kappa shape index (κ1) is 100. The SMILES string of the molecule is COC[C@@]1(C(=O)Nc2ccc3[nH]nc(-c4ccc(F)cc4)c3c2)CCN(CC(=O)N2CC=C(c3ccc(-c4ncccn4)cc3)CC2)C1.COC[C@@]1(C(=O)Nc2ccc3[nH]nc(-c4ccnc(C(F)(F)F)c4)c3c2)CCN(CC(=O)N2CC=C(c3ccc(-c4ncccn4)cc3)CC2)C1.COC[C@@]1(C(=O)Nc2ccc3[nH]nc(-c4ccnc(C5CC5)c4)c3c2)CCN(CC(=O)N2CC=C(c3ccc(-c4ncccn4)cn3)CC2)C1. The molecule has 6 N–H and O–H groups in total. The number of methoxy groups -OCH3 is 3. The van der Waals surface area contributed by atoms with Crippen molar-refractivity contribution in [2.75, 3.05) is 155 Å². The van der Waals surface area contributed by atoms with Crippen LogP contribution in [0.5, 0.6) is 0 Å². The van der Waals surface area contributed by atoms with E-state index in [1.54, 1.807) is 106 Å². The number of nitrogens with one attached hydrogen (secondary N) is 6. The number of H-pyrrole nitrogens is 3. The van der Waals surface area contributed by atoms with Crippen molar-refractivity contribution >= 4 is 102 Å². The highest BCUT2D eigenvalue weighted by molar-refractivity contribution is 6.04. The Kier molecular flexibility index (Phi) is 29.8. The Morgan fingerprint density at radius 2 is 0.745 bits per heavy atom. The quantitative estimate of drug-likeness (QED) is 0.0248. The molecule has 760 valence electrons. The largest absolute Gasteiger partial charge is 0.433 e. The second-order valence-electron chi connectivity index (χ2n) is 38.8. The molecular weight excluding hydrogens is 1900 g/mol. The van der Waals surface area contributed by atoms with Crippen LogP contribution in [0.15, 0.2) is 256 Å². The summed E-state index contributed by atoms with van der Waals surface area (Å²) in [7, 11) is 4.75. The lowest BCUT2D eigenvalue weighted by Crippen LogP contribution is -2.45. The van der Waals surface area contributed by atoms with Crippen LogP contribution >= 0.6 is 0 Å². The fourth-order valence-corrected chi connectivity index (χ4v) is 20.5. The molecule has 15 heterocycles. The highest BCUT2D eigenvalue weighted by Crippen LogP contribution is 2.44. The molecule has 33 nitrogen and oxygen atoms in total.